The normalized spacial score (nSPS) is 10.3. The summed E-state index contributed by atoms with van der Waals surface area (Å²) in [5.41, 5.74) is 1.33. The van der Waals surface area contributed by atoms with E-state index in [4.69, 9.17) is 14.6 Å². The van der Waals surface area contributed by atoms with Gasteiger partial charge in [0.1, 0.15) is 12.4 Å². The van der Waals surface area contributed by atoms with Crippen molar-refractivity contribution in [1.82, 2.24) is 0 Å². The Morgan fingerprint density at radius 1 is 1.00 bits per heavy atom. The van der Waals surface area contributed by atoms with Crippen LogP contribution in [0.15, 0.2) is 72.8 Å². The maximum Gasteiger partial charge on any atom is 0.341 e. The molecule has 176 valence electrons. The SMILES string of the molecule is O=C(COC(=O)c1cc([N+](=O)[O-])ccc1NCCO)Nc1ccc(OCc2ccccc2)cc1. The average molecular weight is 465 g/mol. The summed E-state index contributed by atoms with van der Waals surface area (Å²) in [5.74, 6) is -0.868. The molecule has 10 heteroatoms. The Morgan fingerprint density at radius 2 is 1.74 bits per heavy atom. The van der Waals surface area contributed by atoms with E-state index < -0.39 is 23.4 Å². The summed E-state index contributed by atoms with van der Waals surface area (Å²) < 4.78 is 10.7. The predicted molar refractivity (Wildman–Crippen MR) is 125 cm³/mol. The van der Waals surface area contributed by atoms with Crippen LogP contribution in [-0.4, -0.2) is 41.7 Å². The van der Waals surface area contributed by atoms with Gasteiger partial charge in [-0.1, -0.05) is 30.3 Å². The van der Waals surface area contributed by atoms with Gasteiger partial charge in [0.2, 0.25) is 0 Å². The third-order valence-corrected chi connectivity index (χ3v) is 4.58. The lowest BCUT2D eigenvalue weighted by Crippen LogP contribution is -2.21. The van der Waals surface area contributed by atoms with Crippen molar-refractivity contribution < 1.29 is 29.1 Å². The van der Waals surface area contributed by atoms with Gasteiger partial charge in [-0.2, -0.15) is 0 Å². The van der Waals surface area contributed by atoms with E-state index in [2.05, 4.69) is 10.6 Å². The highest BCUT2D eigenvalue weighted by Gasteiger charge is 2.19. The fourth-order valence-electron chi connectivity index (χ4n) is 2.94. The van der Waals surface area contributed by atoms with Gasteiger partial charge in [-0.3, -0.25) is 14.9 Å². The molecule has 34 heavy (non-hydrogen) atoms. The minimum Gasteiger partial charge on any atom is -0.489 e. The van der Waals surface area contributed by atoms with Gasteiger partial charge in [0.15, 0.2) is 6.61 Å². The summed E-state index contributed by atoms with van der Waals surface area (Å²) in [7, 11) is 0. The number of nitrogens with one attached hydrogen (secondary N) is 2. The minimum atomic E-state index is -0.913. The van der Waals surface area contributed by atoms with Crippen LogP contribution in [0.25, 0.3) is 0 Å². The molecule has 0 unspecified atom stereocenters. The van der Waals surface area contributed by atoms with Gasteiger partial charge in [0.05, 0.1) is 17.1 Å². The first-order valence-electron chi connectivity index (χ1n) is 10.3. The number of hydrogen-bond donors (Lipinski definition) is 3. The van der Waals surface area contributed by atoms with E-state index in [1.807, 2.05) is 30.3 Å². The van der Waals surface area contributed by atoms with Crippen LogP contribution in [0.1, 0.15) is 15.9 Å². The van der Waals surface area contributed by atoms with Gasteiger partial charge in [0.25, 0.3) is 11.6 Å². The van der Waals surface area contributed by atoms with E-state index in [1.165, 1.54) is 12.1 Å². The van der Waals surface area contributed by atoms with Crippen molar-refractivity contribution in [2.45, 2.75) is 6.61 Å². The Hall–Kier alpha value is -4.44. The van der Waals surface area contributed by atoms with E-state index in [1.54, 1.807) is 24.3 Å². The molecule has 0 radical (unpaired) electrons. The Morgan fingerprint density at radius 3 is 2.41 bits per heavy atom. The molecule has 0 aromatic heterocycles. The van der Waals surface area contributed by atoms with Gasteiger partial charge in [-0.05, 0) is 35.9 Å². The summed E-state index contributed by atoms with van der Waals surface area (Å²) in [6, 6.07) is 20.0. The number of carbonyl (C=O) groups excluding carboxylic acids is 2. The highest BCUT2D eigenvalue weighted by molar-refractivity contribution is 5.99. The molecule has 3 N–H and O–H groups in total. The first kappa shape index (κ1) is 24.2. The number of non-ortho nitro benzene ring substituents is 1. The maximum atomic E-state index is 12.5. The van der Waals surface area contributed by atoms with Crippen molar-refractivity contribution in [2.24, 2.45) is 0 Å². The zero-order valence-corrected chi connectivity index (χ0v) is 18.1. The van der Waals surface area contributed by atoms with Gasteiger partial charge in [-0.15, -0.1) is 0 Å². The monoisotopic (exact) mass is 465 g/mol. The molecule has 0 atom stereocenters. The number of ether oxygens (including phenoxy) is 2. The van der Waals surface area contributed by atoms with E-state index in [0.717, 1.165) is 11.6 Å². The first-order chi connectivity index (χ1) is 16.5. The van der Waals surface area contributed by atoms with Gasteiger partial charge >= 0.3 is 5.97 Å². The fraction of sp³-hybridized carbons (Fsp3) is 0.167. The van der Waals surface area contributed by atoms with E-state index in [0.29, 0.717) is 18.0 Å². The largest absolute Gasteiger partial charge is 0.489 e. The number of anilines is 2. The molecule has 0 bridgehead atoms. The lowest BCUT2D eigenvalue weighted by Gasteiger charge is -2.11. The number of rotatable bonds is 11. The van der Waals surface area contributed by atoms with Crippen molar-refractivity contribution in [3.63, 3.8) is 0 Å². The zero-order chi connectivity index (χ0) is 24.3. The van der Waals surface area contributed by atoms with Gasteiger partial charge < -0.3 is 25.2 Å². The highest BCUT2D eigenvalue weighted by Crippen LogP contribution is 2.23. The Bertz CT molecular complexity index is 1140. The fourth-order valence-corrected chi connectivity index (χ4v) is 2.94. The van der Waals surface area contributed by atoms with Crippen molar-refractivity contribution >= 4 is 28.9 Å². The molecule has 0 fully saturated rings. The molecule has 3 rings (SSSR count). The summed E-state index contributed by atoms with van der Waals surface area (Å²) >= 11 is 0. The van der Waals surface area contributed by atoms with Crippen LogP contribution in [0.3, 0.4) is 0 Å². The molecule has 0 saturated heterocycles. The second-order valence-corrected chi connectivity index (χ2v) is 7.06. The third kappa shape index (κ3) is 7.04. The average Bonchev–Trinajstić information content (AvgIpc) is 2.86. The van der Waals surface area contributed by atoms with Gasteiger partial charge in [0, 0.05) is 30.1 Å². The van der Waals surface area contributed by atoms with Crippen LogP contribution < -0.4 is 15.4 Å². The molecular weight excluding hydrogens is 442 g/mol. The van der Waals surface area contributed by atoms with Crippen molar-refractivity contribution in [3.8, 4) is 5.75 Å². The van der Waals surface area contributed by atoms with Crippen LogP contribution in [-0.2, 0) is 16.1 Å². The lowest BCUT2D eigenvalue weighted by atomic mass is 10.1. The molecule has 0 aliphatic heterocycles. The van der Waals surface area contributed by atoms with Crippen molar-refractivity contribution in [1.29, 1.82) is 0 Å². The number of nitrogens with zero attached hydrogens (tertiary/aromatic N) is 1. The van der Waals surface area contributed by atoms with Crippen LogP contribution in [0, 0.1) is 10.1 Å². The van der Waals surface area contributed by atoms with Crippen LogP contribution in [0.2, 0.25) is 0 Å². The Balaban J connectivity index is 1.53. The third-order valence-electron chi connectivity index (χ3n) is 4.58. The summed E-state index contributed by atoms with van der Waals surface area (Å²) in [6.07, 6.45) is 0. The molecule has 0 heterocycles. The number of benzene rings is 3. The summed E-state index contributed by atoms with van der Waals surface area (Å²) in [4.78, 5) is 35.0. The highest BCUT2D eigenvalue weighted by atomic mass is 16.6. The van der Waals surface area contributed by atoms with Crippen LogP contribution in [0.5, 0.6) is 5.75 Å². The molecule has 0 spiro atoms. The number of aliphatic hydroxyl groups is 1. The quantitative estimate of drug-likeness (QED) is 0.222. The zero-order valence-electron chi connectivity index (χ0n) is 18.1. The Kier molecular flexibility index (Phi) is 8.53. The maximum absolute atomic E-state index is 12.5. The Labute approximate surface area is 195 Å². The predicted octanol–water partition coefficient (Wildman–Crippen LogP) is 3.37. The number of nitro benzene ring substituents is 1. The molecule has 3 aromatic rings. The molecule has 3 aromatic carbocycles. The second kappa shape index (κ2) is 12.0. The topological polar surface area (TPSA) is 140 Å². The van der Waals surface area contributed by atoms with E-state index in [-0.39, 0.29) is 30.1 Å². The smallest absolute Gasteiger partial charge is 0.341 e. The van der Waals surface area contributed by atoms with Crippen molar-refractivity contribution in [3.05, 3.63) is 94.0 Å². The molecule has 1 amide bonds. The number of hydrogen-bond acceptors (Lipinski definition) is 8. The van der Waals surface area contributed by atoms with Crippen molar-refractivity contribution in [2.75, 3.05) is 30.4 Å². The lowest BCUT2D eigenvalue weighted by molar-refractivity contribution is -0.384. The van der Waals surface area contributed by atoms with Crippen LogP contribution >= 0.6 is 0 Å². The molecular formula is C24H23N3O7. The number of aliphatic hydroxyl groups excluding tert-OH is 1. The summed E-state index contributed by atoms with van der Waals surface area (Å²) in [5, 5.41) is 25.4. The van der Waals surface area contributed by atoms with E-state index in [9.17, 15) is 19.7 Å². The molecule has 0 saturated carbocycles. The van der Waals surface area contributed by atoms with E-state index >= 15 is 0 Å². The first-order valence-corrected chi connectivity index (χ1v) is 10.3. The molecule has 0 aliphatic rings. The number of nitro groups is 1. The van der Waals surface area contributed by atoms with Gasteiger partial charge in [-0.25, -0.2) is 4.79 Å². The number of amides is 1. The standard InChI is InChI=1S/C24H23N3O7/c28-13-12-25-22-11-8-19(27(31)32)14-21(22)24(30)34-16-23(29)26-18-6-9-20(10-7-18)33-15-17-4-2-1-3-5-17/h1-11,14,25,28H,12-13,15-16H2,(H,26,29). The second-order valence-electron chi connectivity index (χ2n) is 7.06. The number of carbonyl (C=O) groups is 2. The minimum absolute atomic E-state index is 0.115. The molecule has 10 nitrogen and oxygen atoms in total. The molecule has 0 aliphatic carbocycles. The number of esters is 1. The summed E-state index contributed by atoms with van der Waals surface area (Å²) in [6.45, 7) is -0.254. The van der Waals surface area contributed by atoms with Crippen LogP contribution in [0.4, 0.5) is 17.1 Å².